The minimum absolute atomic E-state index is 0.0765. The Morgan fingerprint density at radius 3 is 2.43 bits per heavy atom. The Hall–Kier alpha value is -2.55. The summed E-state index contributed by atoms with van der Waals surface area (Å²) in [4.78, 5) is 4.94. The third-order valence-electron chi connectivity index (χ3n) is 5.81. The van der Waals surface area contributed by atoms with E-state index in [2.05, 4.69) is 57.3 Å². The molecule has 0 N–H and O–H groups in total. The van der Waals surface area contributed by atoms with Crippen molar-refractivity contribution in [2.75, 3.05) is 7.11 Å². The van der Waals surface area contributed by atoms with E-state index in [1.54, 1.807) is 7.11 Å². The second-order valence-corrected chi connectivity index (χ2v) is 8.65. The maximum atomic E-state index is 6.02. The van der Waals surface area contributed by atoms with Gasteiger partial charge >= 0.3 is 0 Å². The highest BCUT2D eigenvalue weighted by Crippen LogP contribution is 2.42. The van der Waals surface area contributed by atoms with Crippen LogP contribution in [0.25, 0.3) is 5.57 Å². The molecule has 0 heterocycles. The molecule has 1 aliphatic carbocycles. The molecule has 0 aromatic heterocycles. The molecule has 160 valence electrons. The maximum absolute atomic E-state index is 6.02. The minimum atomic E-state index is 0.0765. The smallest absolute Gasteiger partial charge is 0.163 e. The van der Waals surface area contributed by atoms with Gasteiger partial charge in [0.05, 0.1) is 18.9 Å². The molecule has 3 nitrogen and oxygen atoms in total. The van der Waals surface area contributed by atoms with Crippen LogP contribution in [0.3, 0.4) is 0 Å². The molecule has 30 heavy (non-hydrogen) atoms. The second kappa shape index (κ2) is 9.97. The van der Waals surface area contributed by atoms with Gasteiger partial charge in [0.25, 0.3) is 0 Å². The monoisotopic (exact) mass is 405 g/mol. The van der Waals surface area contributed by atoms with Crippen LogP contribution in [0.1, 0.15) is 63.6 Å². The fourth-order valence-corrected chi connectivity index (χ4v) is 3.83. The van der Waals surface area contributed by atoms with E-state index >= 15 is 0 Å². The third-order valence-corrected chi connectivity index (χ3v) is 5.81. The Labute approximate surface area is 181 Å². The number of benzene rings is 2. The lowest BCUT2D eigenvalue weighted by molar-refractivity contribution is 0.230. The molecule has 1 saturated carbocycles. The number of ether oxygens (including phenoxy) is 2. The number of rotatable bonds is 8. The van der Waals surface area contributed by atoms with E-state index in [0.29, 0.717) is 5.92 Å². The van der Waals surface area contributed by atoms with Gasteiger partial charge in [0, 0.05) is 17.8 Å². The lowest BCUT2D eigenvalue weighted by Gasteiger charge is -2.22. The normalized spacial score (nSPS) is 14.7. The predicted octanol–water partition coefficient (Wildman–Crippen LogP) is 7.33. The molecule has 1 unspecified atom stereocenters. The van der Waals surface area contributed by atoms with Crippen LogP contribution in [0.15, 0.2) is 47.0 Å². The second-order valence-electron chi connectivity index (χ2n) is 8.65. The summed E-state index contributed by atoms with van der Waals surface area (Å²) in [7, 11) is 1.70. The van der Waals surface area contributed by atoms with Gasteiger partial charge in [-0.2, -0.15) is 0 Å². The molecule has 1 fully saturated rings. The molecule has 0 saturated heterocycles. The Kier molecular flexibility index (Phi) is 7.36. The zero-order chi connectivity index (χ0) is 21.7. The maximum Gasteiger partial charge on any atom is 0.163 e. The lowest BCUT2D eigenvalue weighted by atomic mass is 9.85. The van der Waals surface area contributed by atoms with Crippen molar-refractivity contribution < 1.29 is 9.47 Å². The number of allylic oxidation sites excluding steroid dienone is 2. The van der Waals surface area contributed by atoms with Gasteiger partial charge in [-0.25, -0.2) is 0 Å². The van der Waals surface area contributed by atoms with Gasteiger partial charge in [0.1, 0.15) is 0 Å². The molecule has 0 bridgehead atoms. The fraction of sp³-hybridized carbons (Fsp3) is 0.444. The molecule has 1 atom stereocenters. The van der Waals surface area contributed by atoms with Gasteiger partial charge in [0.2, 0.25) is 0 Å². The topological polar surface area (TPSA) is 30.8 Å². The first kappa shape index (κ1) is 22.1. The largest absolute Gasteiger partial charge is 0.493 e. The first-order valence-corrected chi connectivity index (χ1v) is 11.1. The van der Waals surface area contributed by atoms with Crippen LogP contribution in [0.4, 0.5) is 5.69 Å². The van der Waals surface area contributed by atoms with E-state index in [0.717, 1.165) is 29.2 Å². The van der Waals surface area contributed by atoms with E-state index in [-0.39, 0.29) is 6.10 Å². The molecule has 0 spiro atoms. The first-order valence-electron chi connectivity index (χ1n) is 11.1. The van der Waals surface area contributed by atoms with Gasteiger partial charge in [0.15, 0.2) is 11.5 Å². The summed E-state index contributed by atoms with van der Waals surface area (Å²) in [6, 6.07) is 12.7. The molecular formula is C27H35NO2. The summed E-state index contributed by atoms with van der Waals surface area (Å²) in [5, 5.41) is 0. The summed E-state index contributed by atoms with van der Waals surface area (Å²) in [5.74, 6) is 1.86. The van der Waals surface area contributed by atoms with E-state index in [1.807, 2.05) is 19.9 Å². The van der Waals surface area contributed by atoms with Gasteiger partial charge < -0.3 is 9.47 Å². The van der Waals surface area contributed by atoms with Gasteiger partial charge in [-0.1, -0.05) is 36.8 Å². The summed E-state index contributed by atoms with van der Waals surface area (Å²) in [5.41, 5.74) is 7.68. The number of hydrogen-bond acceptors (Lipinski definition) is 3. The molecule has 3 rings (SSSR count). The Morgan fingerprint density at radius 1 is 1.10 bits per heavy atom. The molecule has 2 aromatic carbocycles. The highest BCUT2D eigenvalue weighted by Gasteiger charge is 2.18. The van der Waals surface area contributed by atoms with Crippen LogP contribution >= 0.6 is 0 Å². The molecule has 1 aliphatic rings. The molecule has 2 aromatic rings. The van der Waals surface area contributed by atoms with Gasteiger partial charge in [-0.15, -0.1) is 0 Å². The van der Waals surface area contributed by atoms with Crippen molar-refractivity contribution in [3.05, 3.63) is 58.7 Å². The molecule has 0 aliphatic heterocycles. The number of methoxy groups -OCH3 is 1. The number of hydrogen-bond donors (Lipinski definition) is 0. The Morgan fingerprint density at radius 2 is 1.83 bits per heavy atom. The minimum Gasteiger partial charge on any atom is -0.493 e. The Bertz CT molecular complexity index is 934. The van der Waals surface area contributed by atoms with E-state index in [4.69, 9.17) is 14.5 Å². The van der Waals surface area contributed by atoms with Crippen LogP contribution in [-0.4, -0.2) is 19.4 Å². The third kappa shape index (κ3) is 5.33. The summed E-state index contributed by atoms with van der Waals surface area (Å²) in [6.07, 6.45) is 6.79. The number of aryl methyl sites for hydroxylation is 1. The predicted molar refractivity (Wildman–Crippen MR) is 127 cm³/mol. The van der Waals surface area contributed by atoms with Crippen LogP contribution in [0.5, 0.6) is 11.5 Å². The van der Waals surface area contributed by atoms with Crippen LogP contribution in [-0.2, 0) is 6.42 Å². The van der Waals surface area contributed by atoms with Crippen molar-refractivity contribution in [1.82, 2.24) is 0 Å². The summed E-state index contributed by atoms with van der Waals surface area (Å²) in [6.45, 7) is 10.7. The molecular weight excluding hydrogens is 370 g/mol. The summed E-state index contributed by atoms with van der Waals surface area (Å²) >= 11 is 0. The highest BCUT2D eigenvalue weighted by molar-refractivity contribution is 5.81. The van der Waals surface area contributed by atoms with Crippen molar-refractivity contribution in [2.45, 2.75) is 66.4 Å². The SMILES string of the molecule is COc1cc(C(C)=C2CCC2)c(/N=C\C(C)Cc2ccccc2C)cc1OC(C)C. The van der Waals surface area contributed by atoms with Crippen LogP contribution in [0, 0.1) is 12.8 Å². The molecule has 0 amide bonds. The fourth-order valence-electron chi connectivity index (χ4n) is 3.83. The van der Waals surface area contributed by atoms with Crippen LogP contribution < -0.4 is 9.47 Å². The average molecular weight is 406 g/mol. The van der Waals surface area contributed by atoms with E-state index in [9.17, 15) is 0 Å². The number of nitrogens with zero attached hydrogens (tertiary/aromatic N) is 1. The number of aliphatic imine (C=N–C) groups is 1. The van der Waals surface area contributed by atoms with Crippen molar-refractivity contribution in [1.29, 1.82) is 0 Å². The summed E-state index contributed by atoms with van der Waals surface area (Å²) < 4.78 is 11.7. The lowest BCUT2D eigenvalue weighted by Crippen LogP contribution is -2.07. The van der Waals surface area contributed by atoms with E-state index < -0.39 is 0 Å². The van der Waals surface area contributed by atoms with Crippen molar-refractivity contribution in [2.24, 2.45) is 10.9 Å². The van der Waals surface area contributed by atoms with Gasteiger partial charge in [-0.3, -0.25) is 4.99 Å². The molecule has 3 heteroatoms. The van der Waals surface area contributed by atoms with Crippen LogP contribution in [0.2, 0.25) is 0 Å². The zero-order valence-corrected chi connectivity index (χ0v) is 19.3. The standard InChI is InChI=1S/C27H35NO2/c1-18(2)30-27-16-25(24(15-26(27)29-6)21(5)22-12-9-13-22)28-17-19(3)14-23-11-8-7-10-20(23)4/h7-8,10-11,15-19H,9,12-14H2,1-6H3/b28-17-. The Balaban J connectivity index is 1.94. The highest BCUT2D eigenvalue weighted by atomic mass is 16.5. The van der Waals surface area contributed by atoms with Crippen molar-refractivity contribution >= 4 is 17.5 Å². The zero-order valence-electron chi connectivity index (χ0n) is 19.3. The first-order chi connectivity index (χ1) is 14.4. The van der Waals surface area contributed by atoms with Gasteiger partial charge in [-0.05, 0) is 82.1 Å². The van der Waals surface area contributed by atoms with Crippen molar-refractivity contribution in [3.8, 4) is 11.5 Å². The van der Waals surface area contributed by atoms with E-state index in [1.165, 1.54) is 41.5 Å². The molecule has 0 radical (unpaired) electrons. The quantitative estimate of drug-likeness (QED) is 0.430. The van der Waals surface area contributed by atoms with Crippen molar-refractivity contribution in [3.63, 3.8) is 0 Å². The average Bonchev–Trinajstić information content (AvgIpc) is 2.66.